The summed E-state index contributed by atoms with van der Waals surface area (Å²) in [5.41, 5.74) is 2.11. The highest BCUT2D eigenvalue weighted by atomic mass is 16.5. The maximum absolute atomic E-state index is 13.1. The summed E-state index contributed by atoms with van der Waals surface area (Å²) in [7, 11) is 6.99. The minimum Gasteiger partial charge on any atom is -0.496 e. The first-order chi connectivity index (χ1) is 14.0. The van der Waals surface area contributed by atoms with Gasteiger partial charge in [-0.2, -0.15) is 0 Å². The molecule has 29 heavy (non-hydrogen) atoms. The molecule has 1 saturated heterocycles. The van der Waals surface area contributed by atoms with Gasteiger partial charge in [-0.3, -0.25) is 9.59 Å². The predicted octanol–water partition coefficient (Wildman–Crippen LogP) is 2.37. The molecule has 2 aromatic rings. The standard InChI is InChI=1S/C22H27N3O4/c1-23(2)17-10-8-16(9-11-17)21(26)24-12-14-25(15-13-24)22(27)20-18(28-3)6-5-7-19(20)29-4/h5-11H,12-15H2,1-4H3. The van der Waals surface area contributed by atoms with Crippen molar-refractivity contribution >= 4 is 17.5 Å². The molecule has 2 amide bonds. The largest absolute Gasteiger partial charge is 0.496 e. The Bertz CT molecular complexity index is 850. The number of carbonyl (C=O) groups is 2. The summed E-state index contributed by atoms with van der Waals surface area (Å²) in [6.45, 7) is 1.89. The number of carbonyl (C=O) groups excluding carboxylic acids is 2. The summed E-state index contributed by atoms with van der Waals surface area (Å²) >= 11 is 0. The van der Waals surface area contributed by atoms with Crippen LogP contribution in [0.2, 0.25) is 0 Å². The number of hydrogen-bond acceptors (Lipinski definition) is 5. The number of piperazine rings is 1. The molecule has 7 heteroatoms. The summed E-state index contributed by atoms with van der Waals surface area (Å²) in [5.74, 6) is 0.793. The molecule has 0 N–H and O–H groups in total. The zero-order chi connectivity index (χ0) is 21.0. The zero-order valence-corrected chi connectivity index (χ0v) is 17.3. The lowest BCUT2D eigenvalue weighted by atomic mass is 10.1. The van der Waals surface area contributed by atoms with Crippen molar-refractivity contribution in [2.45, 2.75) is 0 Å². The monoisotopic (exact) mass is 397 g/mol. The molecule has 0 bridgehead atoms. The van der Waals surface area contributed by atoms with Crippen LogP contribution in [0.4, 0.5) is 5.69 Å². The third-order valence-electron chi connectivity index (χ3n) is 5.13. The van der Waals surface area contributed by atoms with Crippen molar-refractivity contribution in [2.75, 3.05) is 59.4 Å². The molecule has 1 heterocycles. The molecule has 0 aromatic heterocycles. The van der Waals surface area contributed by atoms with E-state index in [1.807, 2.05) is 43.3 Å². The second kappa shape index (κ2) is 8.86. The van der Waals surface area contributed by atoms with E-state index < -0.39 is 0 Å². The lowest BCUT2D eigenvalue weighted by molar-refractivity contribution is 0.0531. The van der Waals surface area contributed by atoms with Gasteiger partial charge in [-0.1, -0.05) is 6.07 Å². The van der Waals surface area contributed by atoms with E-state index in [9.17, 15) is 9.59 Å². The Labute approximate surface area is 171 Å². The normalized spacial score (nSPS) is 13.8. The van der Waals surface area contributed by atoms with Crippen molar-refractivity contribution in [3.8, 4) is 11.5 Å². The molecule has 0 unspecified atom stereocenters. The van der Waals surface area contributed by atoms with Gasteiger partial charge in [-0.25, -0.2) is 0 Å². The number of ether oxygens (including phenoxy) is 2. The van der Waals surface area contributed by atoms with Crippen LogP contribution < -0.4 is 14.4 Å². The first-order valence-electron chi connectivity index (χ1n) is 9.53. The van der Waals surface area contributed by atoms with E-state index in [0.29, 0.717) is 48.8 Å². The lowest BCUT2D eigenvalue weighted by Gasteiger charge is -2.35. The number of amides is 2. The average molecular weight is 397 g/mol. The van der Waals surface area contributed by atoms with Gasteiger partial charge in [0.25, 0.3) is 11.8 Å². The highest BCUT2D eigenvalue weighted by Crippen LogP contribution is 2.30. The summed E-state index contributed by atoms with van der Waals surface area (Å²) in [6, 6.07) is 12.8. The first kappa shape index (κ1) is 20.5. The highest BCUT2D eigenvalue weighted by molar-refractivity contribution is 6.00. The topological polar surface area (TPSA) is 62.3 Å². The Morgan fingerprint density at radius 1 is 0.793 bits per heavy atom. The van der Waals surface area contributed by atoms with E-state index >= 15 is 0 Å². The van der Waals surface area contributed by atoms with Crippen LogP contribution in [0.15, 0.2) is 42.5 Å². The van der Waals surface area contributed by atoms with Gasteiger partial charge in [0.1, 0.15) is 17.1 Å². The van der Waals surface area contributed by atoms with Gasteiger partial charge < -0.3 is 24.2 Å². The van der Waals surface area contributed by atoms with Crippen LogP contribution in [0.25, 0.3) is 0 Å². The van der Waals surface area contributed by atoms with Gasteiger partial charge in [0, 0.05) is 51.5 Å². The molecule has 1 aliphatic rings. The van der Waals surface area contributed by atoms with E-state index in [1.165, 1.54) is 14.2 Å². The SMILES string of the molecule is COc1cccc(OC)c1C(=O)N1CCN(C(=O)c2ccc(N(C)C)cc2)CC1. The second-order valence-corrected chi connectivity index (χ2v) is 7.06. The molecule has 0 saturated carbocycles. The molecule has 1 fully saturated rings. The van der Waals surface area contributed by atoms with Crippen LogP contribution in [0, 0.1) is 0 Å². The van der Waals surface area contributed by atoms with Crippen molar-refractivity contribution in [1.29, 1.82) is 0 Å². The van der Waals surface area contributed by atoms with E-state index in [1.54, 1.807) is 28.0 Å². The Kier molecular flexibility index (Phi) is 6.26. The van der Waals surface area contributed by atoms with E-state index in [-0.39, 0.29) is 11.8 Å². The molecular weight excluding hydrogens is 370 g/mol. The van der Waals surface area contributed by atoms with Crippen LogP contribution in [0.5, 0.6) is 11.5 Å². The molecule has 1 aliphatic heterocycles. The first-order valence-corrected chi connectivity index (χ1v) is 9.53. The fourth-order valence-electron chi connectivity index (χ4n) is 3.42. The number of nitrogens with zero attached hydrogens (tertiary/aromatic N) is 3. The van der Waals surface area contributed by atoms with Crippen molar-refractivity contribution in [2.24, 2.45) is 0 Å². The quantitative estimate of drug-likeness (QED) is 0.775. The zero-order valence-electron chi connectivity index (χ0n) is 17.3. The second-order valence-electron chi connectivity index (χ2n) is 7.06. The van der Waals surface area contributed by atoms with Crippen LogP contribution in [0.3, 0.4) is 0 Å². The molecule has 0 radical (unpaired) electrons. The Hall–Kier alpha value is -3.22. The van der Waals surface area contributed by atoms with Gasteiger partial charge in [-0.05, 0) is 36.4 Å². The van der Waals surface area contributed by atoms with E-state index in [2.05, 4.69) is 0 Å². The molecule has 0 spiro atoms. The molecule has 7 nitrogen and oxygen atoms in total. The maximum atomic E-state index is 13.1. The number of hydrogen-bond donors (Lipinski definition) is 0. The van der Waals surface area contributed by atoms with Gasteiger partial charge in [-0.15, -0.1) is 0 Å². The molecule has 0 aliphatic carbocycles. The molecule has 2 aromatic carbocycles. The highest BCUT2D eigenvalue weighted by Gasteiger charge is 2.29. The third-order valence-corrected chi connectivity index (χ3v) is 5.13. The van der Waals surface area contributed by atoms with Gasteiger partial charge in [0.2, 0.25) is 0 Å². The van der Waals surface area contributed by atoms with Crippen LogP contribution in [-0.4, -0.2) is 76.1 Å². The third kappa shape index (κ3) is 4.29. The number of methoxy groups -OCH3 is 2. The van der Waals surface area contributed by atoms with Crippen LogP contribution in [-0.2, 0) is 0 Å². The molecular formula is C22H27N3O4. The number of anilines is 1. The summed E-state index contributed by atoms with van der Waals surface area (Å²) < 4.78 is 10.7. The smallest absolute Gasteiger partial charge is 0.261 e. The number of benzene rings is 2. The van der Waals surface area contributed by atoms with Gasteiger partial charge >= 0.3 is 0 Å². The maximum Gasteiger partial charge on any atom is 0.261 e. The van der Waals surface area contributed by atoms with Crippen LogP contribution in [0.1, 0.15) is 20.7 Å². The molecule has 0 atom stereocenters. The Morgan fingerprint density at radius 3 is 1.72 bits per heavy atom. The van der Waals surface area contributed by atoms with Crippen molar-refractivity contribution in [3.05, 3.63) is 53.6 Å². The lowest BCUT2D eigenvalue weighted by Crippen LogP contribution is -2.50. The molecule has 154 valence electrons. The van der Waals surface area contributed by atoms with Gasteiger partial charge in [0.05, 0.1) is 14.2 Å². The van der Waals surface area contributed by atoms with Crippen molar-refractivity contribution in [3.63, 3.8) is 0 Å². The fourth-order valence-corrected chi connectivity index (χ4v) is 3.42. The van der Waals surface area contributed by atoms with Crippen molar-refractivity contribution in [1.82, 2.24) is 9.80 Å². The van der Waals surface area contributed by atoms with E-state index in [0.717, 1.165) is 5.69 Å². The van der Waals surface area contributed by atoms with Crippen LogP contribution >= 0.6 is 0 Å². The Balaban J connectivity index is 1.67. The Morgan fingerprint density at radius 2 is 1.28 bits per heavy atom. The minimum atomic E-state index is -0.151. The van der Waals surface area contributed by atoms with Crippen molar-refractivity contribution < 1.29 is 19.1 Å². The average Bonchev–Trinajstić information content (AvgIpc) is 2.77. The fraction of sp³-hybridized carbons (Fsp3) is 0.364. The summed E-state index contributed by atoms with van der Waals surface area (Å²) in [4.78, 5) is 31.4. The van der Waals surface area contributed by atoms with Gasteiger partial charge in [0.15, 0.2) is 0 Å². The van der Waals surface area contributed by atoms with E-state index in [4.69, 9.17) is 9.47 Å². The number of rotatable bonds is 5. The summed E-state index contributed by atoms with van der Waals surface area (Å²) in [5, 5.41) is 0. The minimum absolute atomic E-state index is 0.0164. The molecule has 3 rings (SSSR count). The summed E-state index contributed by atoms with van der Waals surface area (Å²) in [6.07, 6.45) is 0. The predicted molar refractivity (Wildman–Crippen MR) is 112 cm³/mol.